The Labute approximate surface area is 143 Å². The number of nitrogens with one attached hydrogen (secondary N) is 2. The number of hydrogen-bond acceptors (Lipinski definition) is 4. The Kier molecular flexibility index (Phi) is 4.61. The van der Waals surface area contributed by atoms with E-state index in [-0.39, 0.29) is 24.9 Å². The minimum atomic E-state index is -2.77. The van der Waals surface area contributed by atoms with E-state index in [1.807, 2.05) is 6.07 Å². The zero-order chi connectivity index (χ0) is 17.3. The topological polar surface area (TPSA) is 68.2 Å². The lowest BCUT2D eigenvalue weighted by molar-refractivity contribution is -0.133. The summed E-state index contributed by atoms with van der Waals surface area (Å²) in [6.07, 6.45) is 0.245. The van der Waals surface area contributed by atoms with Crippen LogP contribution in [0.2, 0.25) is 5.02 Å². The molecule has 2 N–H and O–H groups in total. The number of alkyl halides is 2. The number of amides is 1. The molecule has 1 amide bonds. The molecule has 2 heterocycles. The van der Waals surface area contributed by atoms with Crippen LogP contribution in [0.4, 0.5) is 14.5 Å². The second-order valence-electron chi connectivity index (χ2n) is 6.21. The lowest BCUT2D eigenvalue weighted by Crippen LogP contribution is -2.43. The molecular formula is C16H17ClF2N4O. The van der Waals surface area contributed by atoms with Crippen molar-refractivity contribution < 1.29 is 13.6 Å². The van der Waals surface area contributed by atoms with E-state index in [0.29, 0.717) is 23.6 Å². The van der Waals surface area contributed by atoms with Gasteiger partial charge in [0.2, 0.25) is 5.91 Å². The molecule has 0 saturated carbocycles. The zero-order valence-corrected chi connectivity index (χ0v) is 13.6. The molecule has 5 nitrogen and oxygen atoms in total. The summed E-state index contributed by atoms with van der Waals surface area (Å²) >= 11 is 6.00. The van der Waals surface area contributed by atoms with Gasteiger partial charge in [-0.05, 0) is 24.6 Å². The monoisotopic (exact) mass is 354 g/mol. The summed E-state index contributed by atoms with van der Waals surface area (Å²) in [6, 6.07) is 6.57. The first-order chi connectivity index (χ1) is 11.4. The molecule has 0 bridgehead atoms. The third kappa shape index (κ3) is 3.60. The summed E-state index contributed by atoms with van der Waals surface area (Å²) in [5.41, 5.74) is 1.15. The highest BCUT2D eigenvalue weighted by molar-refractivity contribution is 6.32. The summed E-state index contributed by atoms with van der Waals surface area (Å²) < 4.78 is 26.5. The molecule has 1 aromatic rings. The van der Waals surface area contributed by atoms with Crippen LogP contribution in [-0.4, -0.2) is 48.4 Å². The van der Waals surface area contributed by atoms with Gasteiger partial charge in [0, 0.05) is 31.2 Å². The van der Waals surface area contributed by atoms with Crippen molar-refractivity contribution in [2.75, 3.05) is 25.0 Å². The second kappa shape index (κ2) is 6.54. The van der Waals surface area contributed by atoms with Gasteiger partial charge in [-0.2, -0.15) is 5.26 Å². The fourth-order valence-corrected chi connectivity index (χ4v) is 3.33. The molecule has 8 heteroatoms. The Balaban J connectivity index is 1.57. The minimum Gasteiger partial charge on any atom is -0.381 e. The number of hydrogen-bond donors (Lipinski definition) is 2. The van der Waals surface area contributed by atoms with Crippen molar-refractivity contribution in [1.29, 1.82) is 5.26 Å². The third-order valence-electron chi connectivity index (χ3n) is 4.37. The van der Waals surface area contributed by atoms with Crippen LogP contribution in [0, 0.1) is 11.3 Å². The van der Waals surface area contributed by atoms with Crippen molar-refractivity contribution >= 4 is 23.2 Å². The largest absolute Gasteiger partial charge is 0.381 e. The van der Waals surface area contributed by atoms with Crippen LogP contribution >= 0.6 is 11.6 Å². The highest BCUT2D eigenvalue weighted by atomic mass is 35.5. The maximum absolute atomic E-state index is 13.2. The first-order valence-corrected chi connectivity index (χ1v) is 8.12. The quantitative estimate of drug-likeness (QED) is 0.873. The smallest absolute Gasteiger partial charge is 0.267 e. The molecule has 0 radical (unpaired) electrons. The van der Waals surface area contributed by atoms with E-state index in [4.69, 9.17) is 16.9 Å². The zero-order valence-electron chi connectivity index (χ0n) is 12.9. The van der Waals surface area contributed by atoms with Crippen LogP contribution in [0.1, 0.15) is 18.4 Å². The Morgan fingerprint density at radius 1 is 1.50 bits per heavy atom. The van der Waals surface area contributed by atoms with Crippen molar-refractivity contribution in [2.24, 2.45) is 0 Å². The van der Waals surface area contributed by atoms with Gasteiger partial charge in [0.25, 0.3) is 5.92 Å². The molecule has 0 unspecified atom stereocenters. The van der Waals surface area contributed by atoms with Gasteiger partial charge in [0.1, 0.15) is 6.07 Å². The Hall–Kier alpha value is -1.91. The SMILES string of the molecule is N#Cc1ccc(N[C@@H]2CN[C@H](C(=O)N3CCC(F)(F)C3)C2)cc1Cl. The maximum Gasteiger partial charge on any atom is 0.267 e. The Bertz CT molecular complexity index is 691. The lowest BCUT2D eigenvalue weighted by Gasteiger charge is -2.20. The van der Waals surface area contributed by atoms with Gasteiger partial charge < -0.3 is 15.5 Å². The summed E-state index contributed by atoms with van der Waals surface area (Å²) in [7, 11) is 0. The average molecular weight is 355 g/mol. The molecule has 3 rings (SSSR count). The van der Waals surface area contributed by atoms with Crippen LogP contribution in [0.15, 0.2) is 18.2 Å². The highest BCUT2D eigenvalue weighted by Gasteiger charge is 2.43. The number of nitrogens with zero attached hydrogens (tertiary/aromatic N) is 2. The predicted octanol–water partition coefficient (Wildman–Crippen LogP) is 2.22. The van der Waals surface area contributed by atoms with Gasteiger partial charge in [-0.25, -0.2) is 8.78 Å². The molecule has 2 saturated heterocycles. The van der Waals surface area contributed by atoms with E-state index in [9.17, 15) is 13.6 Å². The number of anilines is 1. The van der Waals surface area contributed by atoms with Crippen molar-refractivity contribution in [3.8, 4) is 6.07 Å². The van der Waals surface area contributed by atoms with Crippen LogP contribution in [0.5, 0.6) is 0 Å². The number of nitriles is 1. The Morgan fingerprint density at radius 2 is 2.29 bits per heavy atom. The van der Waals surface area contributed by atoms with Crippen molar-refractivity contribution in [2.45, 2.75) is 30.8 Å². The standard InChI is InChI=1S/C16H17ClF2N4O/c17-13-5-11(2-1-10(13)7-20)22-12-6-14(21-8-12)15(24)23-4-3-16(18,19)9-23/h1-2,5,12,14,21-22H,3-4,6,8-9H2/t12-,14-/m0/s1. The lowest BCUT2D eigenvalue weighted by atomic mass is 10.1. The van der Waals surface area contributed by atoms with Crippen molar-refractivity contribution in [1.82, 2.24) is 10.2 Å². The average Bonchev–Trinajstić information content (AvgIpc) is 3.13. The summed E-state index contributed by atoms with van der Waals surface area (Å²) in [5, 5.41) is 15.6. The number of rotatable bonds is 3. The van der Waals surface area contributed by atoms with E-state index in [1.165, 1.54) is 4.90 Å². The molecule has 128 valence electrons. The fourth-order valence-electron chi connectivity index (χ4n) is 3.11. The molecule has 2 atom stereocenters. The van der Waals surface area contributed by atoms with Crippen molar-refractivity contribution in [3.05, 3.63) is 28.8 Å². The molecule has 24 heavy (non-hydrogen) atoms. The molecule has 0 spiro atoms. The fraction of sp³-hybridized carbons (Fsp3) is 0.500. The van der Waals surface area contributed by atoms with E-state index in [0.717, 1.165) is 5.69 Å². The molecule has 1 aromatic carbocycles. The number of carbonyl (C=O) groups is 1. The van der Waals surface area contributed by atoms with Gasteiger partial charge >= 0.3 is 0 Å². The highest BCUT2D eigenvalue weighted by Crippen LogP contribution is 2.28. The van der Waals surface area contributed by atoms with E-state index < -0.39 is 18.5 Å². The second-order valence-corrected chi connectivity index (χ2v) is 6.62. The molecule has 2 aliphatic heterocycles. The van der Waals surface area contributed by atoms with Crippen LogP contribution in [0.3, 0.4) is 0 Å². The van der Waals surface area contributed by atoms with Gasteiger partial charge in [0.05, 0.1) is 23.2 Å². The summed E-state index contributed by atoms with van der Waals surface area (Å²) in [5.74, 6) is -3.04. The van der Waals surface area contributed by atoms with Crippen molar-refractivity contribution in [3.63, 3.8) is 0 Å². The number of carbonyl (C=O) groups excluding carboxylic acids is 1. The van der Waals surface area contributed by atoms with Crippen LogP contribution in [0.25, 0.3) is 0 Å². The van der Waals surface area contributed by atoms with Crippen LogP contribution < -0.4 is 10.6 Å². The Morgan fingerprint density at radius 3 is 2.92 bits per heavy atom. The molecule has 0 aromatic heterocycles. The van der Waals surface area contributed by atoms with Crippen LogP contribution in [-0.2, 0) is 4.79 Å². The summed E-state index contributed by atoms with van der Waals surface area (Å²) in [6.45, 7) is 0.166. The molecule has 0 aliphatic carbocycles. The van der Waals surface area contributed by atoms with E-state index in [1.54, 1.807) is 18.2 Å². The molecular weight excluding hydrogens is 338 g/mol. The number of halogens is 3. The van der Waals surface area contributed by atoms with Gasteiger partial charge in [0.15, 0.2) is 0 Å². The maximum atomic E-state index is 13.2. The summed E-state index contributed by atoms with van der Waals surface area (Å²) in [4.78, 5) is 13.6. The first kappa shape index (κ1) is 16.9. The predicted molar refractivity (Wildman–Crippen MR) is 86.1 cm³/mol. The molecule has 2 fully saturated rings. The number of likely N-dealkylation sites (tertiary alicyclic amines) is 1. The third-order valence-corrected chi connectivity index (χ3v) is 4.68. The van der Waals surface area contributed by atoms with Gasteiger partial charge in [-0.1, -0.05) is 11.6 Å². The minimum absolute atomic E-state index is 0.00827. The van der Waals surface area contributed by atoms with E-state index >= 15 is 0 Å². The molecule has 2 aliphatic rings. The first-order valence-electron chi connectivity index (χ1n) is 7.74. The van der Waals surface area contributed by atoms with E-state index in [2.05, 4.69) is 10.6 Å². The normalized spacial score (nSPS) is 25.5. The van der Waals surface area contributed by atoms with Gasteiger partial charge in [-0.15, -0.1) is 0 Å². The number of benzene rings is 1. The van der Waals surface area contributed by atoms with Gasteiger partial charge in [-0.3, -0.25) is 4.79 Å².